The van der Waals surface area contributed by atoms with Crippen molar-refractivity contribution in [3.63, 3.8) is 0 Å². The van der Waals surface area contributed by atoms with Gasteiger partial charge in [-0.2, -0.15) is 0 Å². The number of primary sulfonamides is 1. The predicted octanol–water partition coefficient (Wildman–Crippen LogP) is 2.14. The normalized spacial score (nSPS) is 20.2. The number of ether oxygens (including phenoxy) is 1. The monoisotopic (exact) mass is 703 g/mol. The first-order valence-electron chi connectivity index (χ1n) is 14.6. The summed E-state index contributed by atoms with van der Waals surface area (Å²) in [5, 5.41) is 12.2. The van der Waals surface area contributed by atoms with Crippen LogP contribution in [0, 0.1) is 5.92 Å². The molecule has 2 aromatic carbocycles. The predicted molar refractivity (Wildman–Crippen MR) is 171 cm³/mol. The number of piperidine rings is 1. The van der Waals surface area contributed by atoms with Crippen molar-refractivity contribution in [3.05, 3.63) is 63.6 Å². The molecule has 3 atom stereocenters. The lowest BCUT2D eigenvalue weighted by Gasteiger charge is -2.30. The van der Waals surface area contributed by atoms with Crippen molar-refractivity contribution < 1.29 is 31.2 Å². The number of hydrogen-bond donors (Lipinski definition) is 4. The Morgan fingerprint density at radius 2 is 1.73 bits per heavy atom. The molecule has 16 heteroatoms. The minimum atomic E-state index is -4.10. The SMILES string of the molecule is CS(=O)(=O)N[C@H](CCC1CCNCC1)C(=O)N1C[C@H](OCc2ccc(Cl)cc2)C[C@@H]1C(=O)NCc1cc(Cl)ccc1S(N)(=O)=O. The van der Waals surface area contributed by atoms with Gasteiger partial charge in [-0.3, -0.25) is 9.59 Å². The van der Waals surface area contributed by atoms with E-state index >= 15 is 0 Å². The highest BCUT2D eigenvalue weighted by Crippen LogP contribution is 2.26. The molecule has 0 radical (unpaired) electrons. The van der Waals surface area contributed by atoms with Crippen LogP contribution >= 0.6 is 23.2 Å². The Balaban J connectivity index is 1.54. The maximum atomic E-state index is 14.0. The standard InChI is InChI=1S/C29H39Cl2N5O7S2/c1-44(39,40)35-25(8-4-19-10-12-33-13-11-19)29(38)36-17-24(43-18-20-2-5-22(30)6-3-20)15-26(36)28(37)34-16-21-14-23(31)7-9-27(21)45(32,41)42/h2-3,5-7,9,14,19,24-26,33,35H,4,8,10-13,15-18H2,1H3,(H,34,37)(H2,32,41,42)/t24-,25-,26-/m1/s1. The van der Waals surface area contributed by atoms with Crippen LogP contribution in [0.15, 0.2) is 47.4 Å². The molecule has 0 bridgehead atoms. The fourth-order valence-corrected chi connectivity index (χ4v) is 7.54. The number of halogens is 2. The molecule has 2 aliphatic heterocycles. The van der Waals surface area contributed by atoms with Gasteiger partial charge in [-0.1, -0.05) is 35.3 Å². The van der Waals surface area contributed by atoms with Crippen molar-refractivity contribution in [2.75, 3.05) is 25.9 Å². The molecule has 2 aromatic rings. The number of amides is 2. The lowest BCUT2D eigenvalue weighted by Crippen LogP contribution is -2.53. The van der Waals surface area contributed by atoms with E-state index in [-0.39, 0.29) is 48.0 Å². The highest BCUT2D eigenvalue weighted by Gasteiger charge is 2.43. The van der Waals surface area contributed by atoms with Crippen LogP contribution in [0.25, 0.3) is 0 Å². The summed E-state index contributed by atoms with van der Waals surface area (Å²) in [7, 11) is -7.86. The zero-order chi connectivity index (χ0) is 32.8. The Hall–Kier alpha value is -2.30. The fourth-order valence-electron chi connectivity index (χ4n) is 5.73. The zero-order valence-electron chi connectivity index (χ0n) is 24.9. The third kappa shape index (κ3) is 10.6. The number of likely N-dealkylation sites (tertiary alicyclic amines) is 1. The molecule has 0 saturated carbocycles. The minimum absolute atomic E-state index is 0.0550. The van der Waals surface area contributed by atoms with Gasteiger partial charge >= 0.3 is 0 Å². The van der Waals surface area contributed by atoms with Gasteiger partial charge in [0.25, 0.3) is 0 Å². The largest absolute Gasteiger partial charge is 0.372 e. The van der Waals surface area contributed by atoms with Crippen molar-refractivity contribution in [2.24, 2.45) is 11.1 Å². The molecule has 5 N–H and O–H groups in total. The summed E-state index contributed by atoms with van der Waals surface area (Å²) in [6, 6.07) is 9.04. The quantitative estimate of drug-likeness (QED) is 0.245. The van der Waals surface area contributed by atoms with Gasteiger partial charge in [-0.25, -0.2) is 26.7 Å². The number of carbonyl (C=O) groups excluding carboxylic acids is 2. The van der Waals surface area contributed by atoms with Crippen molar-refractivity contribution in [3.8, 4) is 0 Å². The maximum absolute atomic E-state index is 14.0. The molecule has 4 rings (SSSR count). The van der Waals surface area contributed by atoms with Gasteiger partial charge < -0.3 is 20.3 Å². The van der Waals surface area contributed by atoms with Gasteiger partial charge in [0.05, 0.1) is 23.9 Å². The molecule has 45 heavy (non-hydrogen) atoms. The summed E-state index contributed by atoms with van der Waals surface area (Å²) in [5.74, 6) is -0.736. The van der Waals surface area contributed by atoms with Crippen LogP contribution in [-0.4, -0.2) is 77.6 Å². The maximum Gasteiger partial charge on any atom is 0.243 e. The van der Waals surface area contributed by atoms with Crippen molar-refractivity contribution in [1.29, 1.82) is 0 Å². The molecule has 0 spiro atoms. The number of benzene rings is 2. The topological polar surface area (TPSA) is 177 Å². The molecule has 0 aliphatic carbocycles. The van der Waals surface area contributed by atoms with Crippen LogP contribution in [0.2, 0.25) is 10.0 Å². The van der Waals surface area contributed by atoms with Gasteiger partial charge in [0.15, 0.2) is 0 Å². The summed E-state index contributed by atoms with van der Waals surface area (Å²) < 4.78 is 57.4. The molecule has 2 heterocycles. The first-order valence-corrected chi connectivity index (χ1v) is 18.8. The van der Waals surface area contributed by atoms with Gasteiger partial charge in [0, 0.05) is 29.6 Å². The van der Waals surface area contributed by atoms with Crippen LogP contribution in [0.1, 0.15) is 43.2 Å². The lowest BCUT2D eigenvalue weighted by molar-refractivity contribution is -0.140. The van der Waals surface area contributed by atoms with E-state index in [9.17, 15) is 26.4 Å². The number of nitrogens with two attached hydrogens (primary N) is 1. The van der Waals surface area contributed by atoms with E-state index in [1.807, 2.05) is 12.1 Å². The molecule has 2 fully saturated rings. The van der Waals surface area contributed by atoms with E-state index in [2.05, 4.69) is 15.4 Å². The Bertz CT molecular complexity index is 1570. The summed E-state index contributed by atoms with van der Waals surface area (Å²) in [4.78, 5) is 28.8. The Morgan fingerprint density at radius 1 is 1.07 bits per heavy atom. The smallest absolute Gasteiger partial charge is 0.243 e. The third-order valence-electron chi connectivity index (χ3n) is 8.01. The molecular weight excluding hydrogens is 665 g/mol. The average molecular weight is 705 g/mol. The second-order valence-electron chi connectivity index (χ2n) is 11.5. The number of carbonyl (C=O) groups is 2. The number of sulfonamides is 2. The van der Waals surface area contributed by atoms with Gasteiger partial charge in [-0.15, -0.1) is 0 Å². The first kappa shape index (κ1) is 35.6. The molecule has 2 amide bonds. The van der Waals surface area contributed by atoms with Crippen molar-refractivity contribution >= 4 is 55.1 Å². The van der Waals surface area contributed by atoms with E-state index < -0.39 is 50.0 Å². The number of nitrogens with one attached hydrogen (secondary N) is 3. The summed E-state index contributed by atoms with van der Waals surface area (Å²) in [5.41, 5.74) is 1.03. The first-order chi connectivity index (χ1) is 21.2. The van der Waals surface area contributed by atoms with E-state index in [1.54, 1.807) is 12.1 Å². The van der Waals surface area contributed by atoms with Gasteiger partial charge in [0.1, 0.15) is 12.1 Å². The summed E-state index contributed by atoms with van der Waals surface area (Å²) in [6.45, 7) is 1.77. The molecule has 12 nitrogen and oxygen atoms in total. The van der Waals surface area contributed by atoms with Crippen LogP contribution in [-0.2, 0) is 47.5 Å². The average Bonchev–Trinajstić information content (AvgIpc) is 3.41. The number of hydrogen-bond acceptors (Lipinski definition) is 8. The van der Waals surface area contributed by atoms with E-state index in [0.29, 0.717) is 17.4 Å². The highest BCUT2D eigenvalue weighted by atomic mass is 35.5. The number of rotatable bonds is 13. The van der Waals surface area contributed by atoms with Gasteiger partial charge in [-0.05, 0) is 86.1 Å². The van der Waals surface area contributed by atoms with Crippen molar-refractivity contribution in [1.82, 2.24) is 20.3 Å². The number of nitrogens with zero attached hydrogens (tertiary/aromatic N) is 1. The molecule has 2 aliphatic rings. The zero-order valence-corrected chi connectivity index (χ0v) is 28.0. The minimum Gasteiger partial charge on any atom is -0.372 e. The molecule has 0 aromatic heterocycles. The summed E-state index contributed by atoms with van der Waals surface area (Å²) >= 11 is 12.1. The Morgan fingerprint density at radius 3 is 2.38 bits per heavy atom. The molecule has 0 unspecified atom stereocenters. The van der Waals surface area contributed by atoms with Crippen molar-refractivity contribution in [2.45, 2.75) is 68.3 Å². The van der Waals surface area contributed by atoms with Crippen LogP contribution in [0.4, 0.5) is 0 Å². The lowest BCUT2D eigenvalue weighted by atomic mass is 9.91. The Kier molecular flexibility index (Phi) is 12.3. The molecular formula is C29H39Cl2N5O7S2. The third-order valence-corrected chi connectivity index (χ3v) is 10.2. The van der Waals surface area contributed by atoms with E-state index in [1.165, 1.54) is 23.1 Å². The molecule has 2 saturated heterocycles. The summed E-state index contributed by atoms with van der Waals surface area (Å²) in [6.07, 6.45) is 3.39. The van der Waals surface area contributed by atoms with E-state index in [0.717, 1.165) is 37.8 Å². The second kappa shape index (κ2) is 15.5. The fraction of sp³-hybridized carbons (Fsp3) is 0.517. The second-order valence-corrected chi connectivity index (χ2v) is 15.7. The van der Waals surface area contributed by atoms with Crippen LogP contribution in [0.5, 0.6) is 0 Å². The van der Waals surface area contributed by atoms with Crippen LogP contribution < -0.4 is 20.5 Å². The van der Waals surface area contributed by atoms with Gasteiger partial charge in [0.2, 0.25) is 31.9 Å². The molecule has 248 valence electrons. The highest BCUT2D eigenvalue weighted by molar-refractivity contribution is 7.89. The Labute approximate surface area is 274 Å². The van der Waals surface area contributed by atoms with E-state index in [4.69, 9.17) is 33.1 Å². The van der Waals surface area contributed by atoms with Crippen LogP contribution in [0.3, 0.4) is 0 Å².